The minimum Gasteiger partial charge on any atom is -0.369 e. The third-order valence-electron chi connectivity index (χ3n) is 2.29. The first-order chi connectivity index (χ1) is 8.54. The van der Waals surface area contributed by atoms with Crippen LogP contribution in [0.5, 0.6) is 0 Å². The van der Waals surface area contributed by atoms with Gasteiger partial charge in [0.15, 0.2) is 5.69 Å². The van der Waals surface area contributed by atoms with Crippen molar-refractivity contribution in [3.63, 3.8) is 0 Å². The quantitative estimate of drug-likeness (QED) is 0.776. The van der Waals surface area contributed by atoms with Crippen LogP contribution < -0.4 is 5.32 Å². The molecule has 0 radical (unpaired) electrons. The van der Waals surface area contributed by atoms with Crippen molar-refractivity contribution in [1.29, 1.82) is 0 Å². The van der Waals surface area contributed by atoms with Crippen LogP contribution in [-0.2, 0) is 6.18 Å². The molecule has 1 heterocycles. The minimum atomic E-state index is -4.43. The molecule has 0 atom stereocenters. The van der Waals surface area contributed by atoms with Gasteiger partial charge in [0.05, 0.1) is 0 Å². The van der Waals surface area contributed by atoms with E-state index in [9.17, 15) is 13.2 Å². The highest BCUT2D eigenvalue weighted by molar-refractivity contribution is 7.98. The molecule has 1 rings (SSSR count). The van der Waals surface area contributed by atoms with Crippen LogP contribution in [0.15, 0.2) is 12.1 Å². The fourth-order valence-electron chi connectivity index (χ4n) is 1.34. The molecule has 0 fully saturated rings. The molecular weight excluding hydrogens is 263 g/mol. The van der Waals surface area contributed by atoms with Crippen LogP contribution in [0, 0.1) is 0 Å². The van der Waals surface area contributed by atoms with Gasteiger partial charge in [-0.15, -0.1) is 10.2 Å². The van der Waals surface area contributed by atoms with E-state index < -0.39 is 11.9 Å². The van der Waals surface area contributed by atoms with E-state index in [4.69, 9.17) is 0 Å². The number of hydrogen-bond acceptors (Lipinski definition) is 4. The molecule has 1 aromatic rings. The van der Waals surface area contributed by atoms with Gasteiger partial charge in [0.1, 0.15) is 5.82 Å². The van der Waals surface area contributed by atoms with Crippen molar-refractivity contribution in [1.82, 2.24) is 10.2 Å². The summed E-state index contributed by atoms with van der Waals surface area (Å²) in [5.74, 6) is 1.52. The average molecular weight is 279 g/mol. The number of rotatable bonds is 7. The zero-order chi connectivity index (χ0) is 13.4. The topological polar surface area (TPSA) is 37.8 Å². The molecule has 0 unspecified atom stereocenters. The highest BCUT2D eigenvalue weighted by Gasteiger charge is 2.32. The number of alkyl halides is 3. The van der Waals surface area contributed by atoms with Crippen LogP contribution >= 0.6 is 11.8 Å². The molecule has 0 aliphatic carbocycles. The molecule has 3 nitrogen and oxygen atoms in total. The maximum absolute atomic E-state index is 12.2. The van der Waals surface area contributed by atoms with Gasteiger partial charge >= 0.3 is 6.18 Å². The van der Waals surface area contributed by atoms with E-state index in [1.54, 1.807) is 0 Å². The SMILES string of the molecule is CSCCCCCNc1ccc(C(F)(F)F)nn1. The van der Waals surface area contributed by atoms with Gasteiger partial charge in [-0.25, -0.2) is 0 Å². The average Bonchev–Trinajstić information content (AvgIpc) is 2.33. The number of thioether (sulfide) groups is 1. The second kappa shape index (κ2) is 7.45. The summed E-state index contributed by atoms with van der Waals surface area (Å²) in [7, 11) is 0. The molecule has 0 aromatic carbocycles. The van der Waals surface area contributed by atoms with Crippen LogP contribution in [0.25, 0.3) is 0 Å². The number of halogens is 3. The lowest BCUT2D eigenvalue weighted by molar-refractivity contribution is -0.141. The van der Waals surface area contributed by atoms with Crippen LogP contribution in [0.1, 0.15) is 25.0 Å². The number of aromatic nitrogens is 2. The monoisotopic (exact) mass is 279 g/mol. The molecule has 0 saturated carbocycles. The van der Waals surface area contributed by atoms with Crippen molar-refractivity contribution in [2.45, 2.75) is 25.4 Å². The van der Waals surface area contributed by atoms with Crippen LogP contribution in [0.2, 0.25) is 0 Å². The van der Waals surface area contributed by atoms with Crippen LogP contribution in [0.3, 0.4) is 0 Å². The van der Waals surface area contributed by atoms with E-state index in [-0.39, 0.29) is 0 Å². The van der Waals surface area contributed by atoms with E-state index in [1.165, 1.54) is 6.07 Å². The maximum Gasteiger partial charge on any atom is 0.435 e. The fourth-order valence-corrected chi connectivity index (χ4v) is 1.84. The fraction of sp³-hybridized carbons (Fsp3) is 0.636. The number of hydrogen-bond donors (Lipinski definition) is 1. The van der Waals surface area contributed by atoms with Gasteiger partial charge in [-0.1, -0.05) is 6.42 Å². The third-order valence-corrected chi connectivity index (χ3v) is 2.98. The van der Waals surface area contributed by atoms with E-state index in [1.807, 2.05) is 11.8 Å². The highest BCUT2D eigenvalue weighted by atomic mass is 32.2. The number of nitrogens with one attached hydrogen (secondary N) is 1. The van der Waals surface area contributed by atoms with Crippen molar-refractivity contribution in [3.05, 3.63) is 17.8 Å². The summed E-state index contributed by atoms with van der Waals surface area (Å²) in [5.41, 5.74) is -0.965. The van der Waals surface area contributed by atoms with E-state index >= 15 is 0 Å². The minimum absolute atomic E-state index is 0.382. The van der Waals surface area contributed by atoms with Gasteiger partial charge in [0.25, 0.3) is 0 Å². The van der Waals surface area contributed by atoms with E-state index in [0.717, 1.165) is 31.1 Å². The summed E-state index contributed by atoms with van der Waals surface area (Å²) in [6, 6.07) is 2.24. The zero-order valence-electron chi connectivity index (χ0n) is 10.1. The Morgan fingerprint density at radius 1 is 1.17 bits per heavy atom. The first-order valence-electron chi connectivity index (χ1n) is 5.68. The van der Waals surface area contributed by atoms with Crippen molar-refractivity contribution in [2.24, 2.45) is 0 Å². The largest absolute Gasteiger partial charge is 0.435 e. The van der Waals surface area contributed by atoms with Crippen molar-refractivity contribution in [2.75, 3.05) is 23.9 Å². The molecule has 0 spiro atoms. The summed E-state index contributed by atoms with van der Waals surface area (Å²) in [6.07, 6.45) is 0.867. The zero-order valence-corrected chi connectivity index (χ0v) is 10.9. The van der Waals surface area contributed by atoms with Crippen LogP contribution in [-0.4, -0.2) is 28.8 Å². The summed E-state index contributed by atoms with van der Waals surface area (Å²) >= 11 is 1.81. The van der Waals surface area contributed by atoms with E-state index in [2.05, 4.69) is 21.8 Å². The van der Waals surface area contributed by atoms with Gasteiger partial charge in [-0.3, -0.25) is 0 Å². The number of anilines is 1. The number of unbranched alkanes of at least 4 members (excludes halogenated alkanes) is 2. The Hall–Kier alpha value is -0.980. The Kier molecular flexibility index (Phi) is 6.24. The maximum atomic E-state index is 12.2. The molecule has 1 aromatic heterocycles. The van der Waals surface area contributed by atoms with E-state index in [0.29, 0.717) is 12.4 Å². The van der Waals surface area contributed by atoms with Gasteiger partial charge in [-0.2, -0.15) is 24.9 Å². The van der Waals surface area contributed by atoms with Crippen LogP contribution in [0.4, 0.5) is 19.0 Å². The Balaban J connectivity index is 2.27. The second-order valence-electron chi connectivity index (χ2n) is 3.78. The first-order valence-corrected chi connectivity index (χ1v) is 7.07. The van der Waals surface area contributed by atoms with Gasteiger partial charge in [0.2, 0.25) is 0 Å². The molecule has 7 heteroatoms. The molecule has 0 saturated heterocycles. The lowest BCUT2D eigenvalue weighted by atomic mass is 10.2. The van der Waals surface area contributed by atoms with Crippen molar-refractivity contribution < 1.29 is 13.2 Å². The summed E-state index contributed by atoms with van der Waals surface area (Å²) in [5, 5.41) is 9.58. The normalized spacial score (nSPS) is 11.6. The molecule has 0 amide bonds. The Labute approximate surface area is 109 Å². The molecule has 1 N–H and O–H groups in total. The Morgan fingerprint density at radius 3 is 2.50 bits per heavy atom. The van der Waals surface area contributed by atoms with Gasteiger partial charge < -0.3 is 5.32 Å². The predicted molar refractivity (Wildman–Crippen MR) is 67.8 cm³/mol. The Morgan fingerprint density at radius 2 is 1.94 bits per heavy atom. The lowest BCUT2D eigenvalue weighted by Gasteiger charge is -2.07. The third kappa shape index (κ3) is 5.57. The molecule has 18 heavy (non-hydrogen) atoms. The Bertz CT molecular complexity index is 340. The smallest absolute Gasteiger partial charge is 0.369 e. The second-order valence-corrected chi connectivity index (χ2v) is 4.77. The van der Waals surface area contributed by atoms with Crippen molar-refractivity contribution >= 4 is 17.6 Å². The lowest BCUT2D eigenvalue weighted by Crippen LogP contribution is -2.11. The predicted octanol–water partition coefficient (Wildman–Crippen LogP) is 3.44. The summed E-state index contributed by atoms with van der Waals surface area (Å²) < 4.78 is 36.7. The summed E-state index contributed by atoms with van der Waals surface area (Å²) in [6.45, 7) is 0.703. The molecule has 102 valence electrons. The summed E-state index contributed by atoms with van der Waals surface area (Å²) in [4.78, 5) is 0. The van der Waals surface area contributed by atoms with Gasteiger partial charge in [0, 0.05) is 6.54 Å². The molecule has 0 aliphatic rings. The van der Waals surface area contributed by atoms with Crippen molar-refractivity contribution in [3.8, 4) is 0 Å². The highest BCUT2D eigenvalue weighted by Crippen LogP contribution is 2.26. The standard InChI is InChI=1S/C11H16F3N3S/c1-18-8-4-2-3-7-15-10-6-5-9(16-17-10)11(12,13)14/h5-6H,2-4,7-8H2,1H3,(H,15,17). The molecular formula is C11H16F3N3S. The number of nitrogens with zero attached hydrogens (tertiary/aromatic N) is 2. The van der Waals surface area contributed by atoms with Gasteiger partial charge in [-0.05, 0) is 37.0 Å². The molecule has 0 bridgehead atoms. The first kappa shape index (κ1) is 15.1. The molecule has 0 aliphatic heterocycles.